The number of hydrogen-bond acceptors (Lipinski definition) is 8. The van der Waals surface area contributed by atoms with Crippen molar-refractivity contribution in [1.29, 1.82) is 0 Å². The Morgan fingerprint density at radius 2 is 1.17 bits per heavy atom. The van der Waals surface area contributed by atoms with E-state index in [1.54, 1.807) is 0 Å². The number of epoxide rings is 2. The van der Waals surface area contributed by atoms with Gasteiger partial charge in [-0.05, 0) is 56.0 Å². The zero-order chi connectivity index (χ0) is 12.9. The molecule has 2 atom stereocenters. The van der Waals surface area contributed by atoms with E-state index < -0.39 is 0 Å². The first-order valence-corrected chi connectivity index (χ1v) is 12.8. The maximum absolute atomic E-state index is 5.60. The van der Waals surface area contributed by atoms with E-state index in [9.17, 15) is 0 Å². The minimum absolute atomic E-state index is 0.000559. The molecule has 0 spiro atoms. The Kier molecular flexibility index (Phi) is 7.16. The highest BCUT2D eigenvalue weighted by Gasteiger charge is 2.54. The van der Waals surface area contributed by atoms with Crippen LogP contribution in [0.25, 0.3) is 0 Å². The van der Waals surface area contributed by atoms with E-state index in [0.717, 1.165) is 13.2 Å². The minimum atomic E-state index is -0.000559. The van der Waals surface area contributed by atoms with Gasteiger partial charge in [0.05, 0.1) is 13.2 Å². The Morgan fingerprint density at radius 1 is 0.778 bits per heavy atom. The summed E-state index contributed by atoms with van der Waals surface area (Å²) < 4.78 is 11.2. The van der Waals surface area contributed by atoms with Crippen LogP contribution in [0.5, 0.6) is 0 Å². The standard InChI is InChI=1S/C10H18O2S6/c1-3-5-13-15-9(7-11-9)17-18-10(8-12-10)16-14-6-4-2/h3-8H2,1-2H3. The Bertz CT molecular complexity index is 231. The second kappa shape index (κ2) is 7.87. The van der Waals surface area contributed by atoms with Crippen LogP contribution in [0.15, 0.2) is 0 Å². The van der Waals surface area contributed by atoms with Gasteiger partial charge in [0.15, 0.2) is 0 Å². The Hall–Kier alpha value is 2.02. The van der Waals surface area contributed by atoms with Gasteiger partial charge >= 0.3 is 0 Å². The maximum Gasteiger partial charge on any atom is 0.203 e. The van der Waals surface area contributed by atoms with Crippen molar-refractivity contribution in [1.82, 2.24) is 0 Å². The van der Waals surface area contributed by atoms with Crippen LogP contribution in [0.2, 0.25) is 0 Å². The zero-order valence-corrected chi connectivity index (χ0v) is 15.4. The van der Waals surface area contributed by atoms with Crippen molar-refractivity contribution in [3.8, 4) is 0 Å². The van der Waals surface area contributed by atoms with Crippen molar-refractivity contribution in [2.75, 3.05) is 24.7 Å². The molecule has 2 unspecified atom stereocenters. The molecule has 0 N–H and O–H groups in total. The lowest BCUT2D eigenvalue weighted by Gasteiger charge is -2.13. The van der Waals surface area contributed by atoms with Gasteiger partial charge in [-0.25, -0.2) is 0 Å². The van der Waals surface area contributed by atoms with Crippen molar-refractivity contribution >= 4 is 64.8 Å². The first-order valence-electron chi connectivity index (χ1n) is 6.00. The molecule has 2 nitrogen and oxygen atoms in total. The van der Waals surface area contributed by atoms with Gasteiger partial charge in [0.2, 0.25) is 8.53 Å². The molecule has 0 aromatic heterocycles. The minimum Gasteiger partial charge on any atom is -0.346 e. The highest BCUT2D eigenvalue weighted by atomic mass is 33.2. The zero-order valence-electron chi connectivity index (χ0n) is 10.5. The predicted molar refractivity (Wildman–Crippen MR) is 93.2 cm³/mol. The molecular formula is C10H18O2S6. The van der Waals surface area contributed by atoms with Crippen molar-refractivity contribution < 1.29 is 9.47 Å². The molecule has 2 aliphatic heterocycles. The third-order valence-electron chi connectivity index (χ3n) is 2.00. The van der Waals surface area contributed by atoms with E-state index in [4.69, 9.17) is 9.47 Å². The fourth-order valence-electron chi connectivity index (χ4n) is 0.895. The van der Waals surface area contributed by atoms with E-state index in [-0.39, 0.29) is 8.53 Å². The van der Waals surface area contributed by atoms with Gasteiger partial charge in [-0.3, -0.25) is 0 Å². The third-order valence-corrected chi connectivity index (χ3v) is 12.9. The number of hydrogen-bond donors (Lipinski definition) is 0. The molecular weight excluding hydrogens is 345 g/mol. The van der Waals surface area contributed by atoms with Gasteiger partial charge in [0.1, 0.15) is 0 Å². The second-order valence-corrected chi connectivity index (χ2v) is 12.4. The number of rotatable bonds is 11. The van der Waals surface area contributed by atoms with Crippen molar-refractivity contribution in [3.05, 3.63) is 0 Å². The molecule has 18 heavy (non-hydrogen) atoms. The summed E-state index contributed by atoms with van der Waals surface area (Å²) in [5.41, 5.74) is 0. The lowest BCUT2D eigenvalue weighted by atomic mass is 10.6. The molecule has 0 saturated carbocycles. The van der Waals surface area contributed by atoms with Crippen LogP contribution in [-0.2, 0) is 9.47 Å². The Labute approximate surface area is 133 Å². The molecule has 2 aliphatic rings. The molecule has 0 aliphatic carbocycles. The molecule has 2 heterocycles. The van der Waals surface area contributed by atoms with E-state index in [1.807, 2.05) is 64.8 Å². The smallest absolute Gasteiger partial charge is 0.203 e. The van der Waals surface area contributed by atoms with Crippen LogP contribution in [-0.4, -0.2) is 33.2 Å². The van der Waals surface area contributed by atoms with Crippen LogP contribution >= 0.6 is 64.8 Å². The SMILES string of the molecule is CCCSSC1(SSC2(SSCCC)CO2)CO1. The predicted octanol–water partition coefficient (Wildman–Crippen LogP) is 5.32. The summed E-state index contributed by atoms with van der Waals surface area (Å²) in [5, 5.41) is 0. The molecule has 0 aromatic carbocycles. The van der Waals surface area contributed by atoms with Crippen LogP contribution in [0.3, 0.4) is 0 Å². The quantitative estimate of drug-likeness (QED) is 0.211. The molecule has 2 rings (SSSR count). The molecule has 2 saturated heterocycles. The average molecular weight is 363 g/mol. The van der Waals surface area contributed by atoms with Crippen LogP contribution in [0, 0.1) is 0 Å². The van der Waals surface area contributed by atoms with Crippen molar-refractivity contribution in [3.63, 3.8) is 0 Å². The van der Waals surface area contributed by atoms with Crippen LogP contribution in [0.4, 0.5) is 0 Å². The summed E-state index contributed by atoms with van der Waals surface area (Å²) in [5.74, 6) is 2.40. The Balaban J connectivity index is 1.62. The highest BCUT2D eigenvalue weighted by molar-refractivity contribution is 8.89. The average Bonchev–Trinajstić information content (AvgIpc) is 3.25. The van der Waals surface area contributed by atoms with Crippen molar-refractivity contribution in [2.45, 2.75) is 35.2 Å². The molecule has 2 fully saturated rings. The molecule has 0 radical (unpaired) electrons. The molecule has 0 amide bonds. The van der Waals surface area contributed by atoms with Gasteiger partial charge < -0.3 is 9.47 Å². The lowest BCUT2D eigenvalue weighted by Crippen LogP contribution is -1.99. The van der Waals surface area contributed by atoms with Crippen LogP contribution in [0.1, 0.15) is 26.7 Å². The first kappa shape index (κ1) is 16.4. The van der Waals surface area contributed by atoms with E-state index in [2.05, 4.69) is 13.8 Å². The fourth-order valence-corrected chi connectivity index (χ4v) is 10.8. The summed E-state index contributed by atoms with van der Waals surface area (Å²) in [6, 6.07) is 0. The van der Waals surface area contributed by atoms with Gasteiger partial charge in [-0.15, -0.1) is 0 Å². The monoisotopic (exact) mass is 362 g/mol. The lowest BCUT2D eigenvalue weighted by molar-refractivity contribution is 0.444. The van der Waals surface area contributed by atoms with E-state index in [1.165, 1.54) is 24.3 Å². The Morgan fingerprint density at radius 3 is 1.44 bits per heavy atom. The first-order chi connectivity index (χ1) is 8.74. The normalized spacial score (nSPS) is 33.7. The molecule has 8 heteroatoms. The second-order valence-electron chi connectivity index (χ2n) is 3.92. The summed E-state index contributed by atoms with van der Waals surface area (Å²) >= 11 is 0. The van der Waals surface area contributed by atoms with Gasteiger partial charge in [-0.2, -0.15) is 0 Å². The van der Waals surface area contributed by atoms with Gasteiger partial charge in [-0.1, -0.05) is 35.4 Å². The summed E-state index contributed by atoms with van der Waals surface area (Å²) in [7, 11) is 11.3. The van der Waals surface area contributed by atoms with E-state index in [0.29, 0.717) is 0 Å². The van der Waals surface area contributed by atoms with Gasteiger partial charge in [0.25, 0.3) is 0 Å². The van der Waals surface area contributed by atoms with Crippen LogP contribution < -0.4 is 0 Å². The van der Waals surface area contributed by atoms with E-state index >= 15 is 0 Å². The summed E-state index contributed by atoms with van der Waals surface area (Å²) in [4.78, 5) is 0. The summed E-state index contributed by atoms with van der Waals surface area (Å²) in [6.45, 7) is 6.17. The maximum atomic E-state index is 5.60. The molecule has 106 valence electrons. The topological polar surface area (TPSA) is 25.1 Å². The highest BCUT2D eigenvalue weighted by Crippen LogP contribution is 2.66. The molecule has 0 aromatic rings. The molecule has 0 bridgehead atoms. The fraction of sp³-hybridized carbons (Fsp3) is 1.00. The summed E-state index contributed by atoms with van der Waals surface area (Å²) in [6.07, 6.45) is 2.45. The van der Waals surface area contributed by atoms with Gasteiger partial charge in [0, 0.05) is 11.5 Å². The number of ether oxygens (including phenoxy) is 2. The van der Waals surface area contributed by atoms with Crippen molar-refractivity contribution in [2.24, 2.45) is 0 Å². The third kappa shape index (κ3) is 5.42. The largest absolute Gasteiger partial charge is 0.346 e.